The molecular weight excluding hydrogens is 340 g/mol. The molecular formula is C22H22N2OS. The fraction of sp³-hybridized carbons (Fsp3) is 0.136. The van der Waals surface area contributed by atoms with Crippen LogP contribution < -0.4 is 11.1 Å². The maximum absolute atomic E-state index is 13.1. The third-order valence-electron chi connectivity index (χ3n) is 3.96. The first-order valence-corrected chi connectivity index (χ1v) is 9.35. The number of hydrogen-bond acceptors (Lipinski definition) is 3. The fourth-order valence-corrected chi connectivity index (χ4v) is 3.86. The Morgan fingerprint density at radius 1 is 0.923 bits per heavy atom. The number of nitrogen functional groups attached to an aromatic ring is 1. The molecule has 0 heterocycles. The Morgan fingerprint density at radius 2 is 1.54 bits per heavy atom. The van der Waals surface area contributed by atoms with Crippen LogP contribution >= 0.6 is 11.8 Å². The summed E-state index contributed by atoms with van der Waals surface area (Å²) in [7, 11) is 0. The van der Waals surface area contributed by atoms with Gasteiger partial charge in [-0.3, -0.25) is 4.79 Å². The average molecular weight is 362 g/mol. The third kappa shape index (κ3) is 4.67. The van der Waals surface area contributed by atoms with Crippen LogP contribution in [-0.4, -0.2) is 5.91 Å². The van der Waals surface area contributed by atoms with E-state index in [4.69, 9.17) is 5.73 Å². The second-order valence-corrected chi connectivity index (χ2v) is 7.52. The molecule has 0 bridgehead atoms. The van der Waals surface area contributed by atoms with Crippen LogP contribution in [0.15, 0.2) is 77.7 Å². The van der Waals surface area contributed by atoms with E-state index in [-0.39, 0.29) is 11.2 Å². The predicted octanol–water partition coefficient (Wildman–Crippen LogP) is 5.36. The molecule has 3 nitrogen and oxygen atoms in total. The van der Waals surface area contributed by atoms with E-state index in [9.17, 15) is 4.79 Å². The summed E-state index contributed by atoms with van der Waals surface area (Å²) >= 11 is 1.52. The number of anilines is 2. The Bertz CT molecular complexity index is 872. The van der Waals surface area contributed by atoms with Gasteiger partial charge in [-0.25, -0.2) is 0 Å². The summed E-state index contributed by atoms with van der Waals surface area (Å²) in [6.07, 6.45) is 0. The number of nitrogens with two attached hydrogens (primary N) is 1. The SMILES string of the molecule is Cc1cc(C)cc(NC(=O)C(Sc2ccc(N)cc2)c2ccccc2)c1. The number of hydrogen-bond donors (Lipinski definition) is 2. The molecule has 0 radical (unpaired) electrons. The van der Waals surface area contributed by atoms with Crippen LogP contribution in [0.2, 0.25) is 0 Å². The minimum absolute atomic E-state index is 0.0389. The lowest BCUT2D eigenvalue weighted by atomic mass is 10.1. The second-order valence-electron chi connectivity index (χ2n) is 6.34. The largest absolute Gasteiger partial charge is 0.399 e. The number of rotatable bonds is 5. The van der Waals surface area contributed by atoms with Gasteiger partial charge in [0.2, 0.25) is 5.91 Å². The summed E-state index contributed by atoms with van der Waals surface area (Å²) < 4.78 is 0. The van der Waals surface area contributed by atoms with Crippen LogP contribution in [0.25, 0.3) is 0 Å². The summed E-state index contributed by atoms with van der Waals surface area (Å²) in [5, 5.41) is 2.72. The van der Waals surface area contributed by atoms with E-state index in [1.54, 1.807) is 0 Å². The van der Waals surface area contributed by atoms with Crippen LogP contribution in [0.3, 0.4) is 0 Å². The van der Waals surface area contributed by atoms with E-state index < -0.39 is 0 Å². The molecule has 3 N–H and O–H groups in total. The van der Waals surface area contributed by atoms with Crippen molar-refractivity contribution in [3.05, 3.63) is 89.5 Å². The number of nitrogens with one attached hydrogen (secondary N) is 1. The number of carbonyl (C=O) groups excluding carboxylic acids is 1. The highest BCUT2D eigenvalue weighted by molar-refractivity contribution is 8.00. The maximum atomic E-state index is 13.1. The van der Waals surface area contributed by atoms with E-state index in [1.807, 2.05) is 80.6 Å². The predicted molar refractivity (Wildman–Crippen MR) is 110 cm³/mol. The molecule has 0 aromatic heterocycles. The first-order valence-electron chi connectivity index (χ1n) is 8.47. The molecule has 1 unspecified atom stereocenters. The lowest BCUT2D eigenvalue weighted by Crippen LogP contribution is -2.19. The second kappa shape index (κ2) is 8.11. The van der Waals surface area contributed by atoms with Crippen molar-refractivity contribution in [1.29, 1.82) is 0 Å². The molecule has 3 aromatic rings. The molecule has 0 fully saturated rings. The van der Waals surface area contributed by atoms with Crippen molar-refractivity contribution in [2.75, 3.05) is 11.1 Å². The van der Waals surface area contributed by atoms with Gasteiger partial charge in [0, 0.05) is 16.3 Å². The summed E-state index contributed by atoms with van der Waals surface area (Å²) in [6.45, 7) is 4.06. The molecule has 132 valence electrons. The van der Waals surface area contributed by atoms with Gasteiger partial charge in [0.05, 0.1) is 0 Å². The van der Waals surface area contributed by atoms with Gasteiger partial charge in [0.25, 0.3) is 0 Å². The van der Waals surface area contributed by atoms with Crippen LogP contribution in [0.1, 0.15) is 21.9 Å². The minimum atomic E-state index is -0.347. The van der Waals surface area contributed by atoms with Crippen LogP contribution in [0.5, 0.6) is 0 Å². The Morgan fingerprint density at radius 3 is 2.15 bits per heavy atom. The quantitative estimate of drug-likeness (QED) is 0.475. The van der Waals surface area contributed by atoms with Gasteiger partial charge >= 0.3 is 0 Å². The molecule has 26 heavy (non-hydrogen) atoms. The molecule has 0 aliphatic heterocycles. The van der Waals surface area contributed by atoms with E-state index in [0.29, 0.717) is 5.69 Å². The normalized spacial score (nSPS) is 11.8. The Hall–Kier alpha value is -2.72. The number of benzene rings is 3. The van der Waals surface area contributed by atoms with Gasteiger partial charge in [0.15, 0.2) is 0 Å². The van der Waals surface area contributed by atoms with Gasteiger partial charge in [-0.2, -0.15) is 0 Å². The van der Waals surface area contributed by atoms with Crippen molar-refractivity contribution in [2.45, 2.75) is 24.0 Å². The monoisotopic (exact) mass is 362 g/mol. The molecule has 0 spiro atoms. The van der Waals surface area contributed by atoms with Crippen molar-refractivity contribution >= 4 is 29.0 Å². The van der Waals surface area contributed by atoms with E-state index in [1.165, 1.54) is 11.8 Å². The summed E-state index contributed by atoms with van der Waals surface area (Å²) in [6, 6.07) is 23.5. The molecule has 0 saturated heterocycles. The number of amides is 1. The molecule has 3 rings (SSSR count). The molecule has 4 heteroatoms. The Balaban J connectivity index is 1.87. The summed E-state index contributed by atoms with van der Waals surface area (Å²) in [5.41, 5.74) is 10.5. The average Bonchev–Trinajstić information content (AvgIpc) is 2.61. The zero-order chi connectivity index (χ0) is 18.5. The minimum Gasteiger partial charge on any atom is -0.399 e. The van der Waals surface area contributed by atoms with Crippen LogP contribution in [0.4, 0.5) is 11.4 Å². The molecule has 0 aliphatic rings. The Labute approximate surface area is 158 Å². The van der Waals surface area contributed by atoms with E-state index in [0.717, 1.165) is 27.3 Å². The lowest BCUT2D eigenvalue weighted by Gasteiger charge is -2.18. The van der Waals surface area contributed by atoms with Crippen LogP contribution in [0, 0.1) is 13.8 Å². The smallest absolute Gasteiger partial charge is 0.242 e. The first kappa shape index (κ1) is 18.1. The van der Waals surface area contributed by atoms with Gasteiger partial charge in [-0.1, -0.05) is 36.4 Å². The zero-order valence-electron chi connectivity index (χ0n) is 14.9. The number of carbonyl (C=O) groups is 1. The van der Waals surface area contributed by atoms with Crippen molar-refractivity contribution in [3.8, 4) is 0 Å². The highest BCUT2D eigenvalue weighted by Gasteiger charge is 2.22. The highest BCUT2D eigenvalue weighted by atomic mass is 32.2. The Kier molecular flexibility index (Phi) is 5.64. The zero-order valence-corrected chi connectivity index (χ0v) is 15.7. The van der Waals surface area contributed by atoms with E-state index >= 15 is 0 Å². The summed E-state index contributed by atoms with van der Waals surface area (Å²) in [4.78, 5) is 14.1. The van der Waals surface area contributed by atoms with Gasteiger partial charge < -0.3 is 11.1 Å². The highest BCUT2D eigenvalue weighted by Crippen LogP contribution is 2.36. The molecule has 0 saturated carbocycles. The third-order valence-corrected chi connectivity index (χ3v) is 5.23. The van der Waals surface area contributed by atoms with Gasteiger partial charge in [0.1, 0.15) is 5.25 Å². The van der Waals surface area contributed by atoms with E-state index in [2.05, 4.69) is 11.4 Å². The van der Waals surface area contributed by atoms with Crippen LogP contribution in [-0.2, 0) is 4.79 Å². The lowest BCUT2D eigenvalue weighted by molar-refractivity contribution is -0.115. The molecule has 1 amide bonds. The van der Waals surface area contributed by atoms with Gasteiger partial charge in [-0.15, -0.1) is 11.8 Å². The molecule has 0 aliphatic carbocycles. The maximum Gasteiger partial charge on any atom is 0.242 e. The topological polar surface area (TPSA) is 55.1 Å². The molecule has 3 aromatic carbocycles. The fourth-order valence-electron chi connectivity index (χ4n) is 2.84. The van der Waals surface area contributed by atoms with Crippen molar-refractivity contribution in [2.24, 2.45) is 0 Å². The first-order chi connectivity index (χ1) is 12.5. The van der Waals surface area contributed by atoms with Crippen molar-refractivity contribution in [1.82, 2.24) is 0 Å². The van der Waals surface area contributed by atoms with Gasteiger partial charge in [-0.05, 0) is 66.9 Å². The number of thioether (sulfide) groups is 1. The standard InChI is InChI=1S/C22H22N2OS/c1-15-12-16(2)14-19(13-15)24-22(25)21(17-6-4-3-5-7-17)26-20-10-8-18(23)9-11-20/h3-14,21H,23H2,1-2H3,(H,24,25). The molecule has 1 atom stereocenters. The number of aryl methyl sites for hydroxylation is 2. The van der Waals surface area contributed by atoms with Crippen molar-refractivity contribution < 1.29 is 4.79 Å². The summed E-state index contributed by atoms with van der Waals surface area (Å²) in [5.74, 6) is -0.0389. The van der Waals surface area contributed by atoms with Crippen molar-refractivity contribution in [3.63, 3.8) is 0 Å².